The predicted octanol–water partition coefficient (Wildman–Crippen LogP) is 2.69. The van der Waals surface area contributed by atoms with Gasteiger partial charge in [-0.3, -0.25) is 4.79 Å². The number of carboxylic acid groups (broad SMARTS) is 1. The fraction of sp³-hybridized carbons (Fsp3) is 0.381. The van der Waals surface area contributed by atoms with E-state index in [9.17, 15) is 8.42 Å². The smallest absolute Gasteiger partial charge is 0.290 e. The molecule has 160 valence electrons. The standard InChI is InChI=1S/C20H28N2O3S.CH2O2/c1-16-14-19(26(23,24)22(4)13-12-21(2)3)10-11-20(16)18-8-6-17(7-9-18)15-25-5;2-1-3/h6-11,14H,12-13,15H2,1-5H3;1H,(H,2,3). The van der Waals surface area contributed by atoms with Crippen molar-refractivity contribution in [1.82, 2.24) is 9.21 Å². The van der Waals surface area contributed by atoms with Gasteiger partial charge in [0.2, 0.25) is 10.0 Å². The molecule has 0 aliphatic carbocycles. The lowest BCUT2D eigenvalue weighted by Gasteiger charge is -2.20. The Kier molecular flexibility index (Phi) is 9.97. The van der Waals surface area contributed by atoms with E-state index in [-0.39, 0.29) is 6.47 Å². The minimum Gasteiger partial charge on any atom is -0.483 e. The van der Waals surface area contributed by atoms with Gasteiger partial charge in [0, 0.05) is 27.2 Å². The van der Waals surface area contributed by atoms with E-state index in [1.165, 1.54) is 4.31 Å². The first-order valence-electron chi connectivity index (χ1n) is 9.05. The first kappa shape index (κ1) is 24.8. The fourth-order valence-electron chi connectivity index (χ4n) is 2.71. The van der Waals surface area contributed by atoms with Crippen molar-refractivity contribution in [2.24, 2.45) is 0 Å². The van der Waals surface area contributed by atoms with Crippen molar-refractivity contribution in [3.63, 3.8) is 0 Å². The molecule has 0 heterocycles. The van der Waals surface area contributed by atoms with Crippen molar-refractivity contribution < 1.29 is 23.1 Å². The van der Waals surface area contributed by atoms with E-state index >= 15 is 0 Å². The molecule has 1 N–H and O–H groups in total. The van der Waals surface area contributed by atoms with Crippen molar-refractivity contribution >= 4 is 16.5 Å². The summed E-state index contributed by atoms with van der Waals surface area (Å²) < 4.78 is 32.0. The highest BCUT2D eigenvalue weighted by Crippen LogP contribution is 2.27. The Bertz CT molecular complexity index is 880. The Morgan fingerprint density at radius 2 is 1.62 bits per heavy atom. The third-order valence-electron chi connectivity index (χ3n) is 4.34. The Hall–Kier alpha value is -2.26. The number of carbonyl (C=O) groups is 1. The average Bonchev–Trinajstić information content (AvgIpc) is 2.67. The lowest BCUT2D eigenvalue weighted by Crippen LogP contribution is -2.33. The summed E-state index contributed by atoms with van der Waals surface area (Å²) in [6.07, 6.45) is 0. The van der Waals surface area contributed by atoms with Crippen molar-refractivity contribution in [3.8, 4) is 11.1 Å². The van der Waals surface area contributed by atoms with Gasteiger partial charge in [-0.1, -0.05) is 30.3 Å². The molecule has 0 aromatic heterocycles. The summed E-state index contributed by atoms with van der Waals surface area (Å²) in [5.74, 6) is 0. The number of hydrogen-bond acceptors (Lipinski definition) is 5. The summed E-state index contributed by atoms with van der Waals surface area (Å²) in [5, 5.41) is 6.89. The maximum Gasteiger partial charge on any atom is 0.290 e. The lowest BCUT2D eigenvalue weighted by atomic mass is 10.00. The largest absolute Gasteiger partial charge is 0.483 e. The van der Waals surface area contributed by atoms with Gasteiger partial charge in [0.05, 0.1) is 11.5 Å². The molecule has 0 aliphatic rings. The van der Waals surface area contributed by atoms with Gasteiger partial charge in [0.1, 0.15) is 0 Å². The molecule has 29 heavy (non-hydrogen) atoms. The minimum absolute atomic E-state index is 0.250. The molecule has 2 aromatic carbocycles. The Balaban J connectivity index is 0.00000132. The summed E-state index contributed by atoms with van der Waals surface area (Å²) >= 11 is 0. The number of benzene rings is 2. The fourth-order valence-corrected chi connectivity index (χ4v) is 3.96. The molecule has 2 rings (SSSR count). The number of hydrogen-bond donors (Lipinski definition) is 1. The first-order chi connectivity index (χ1) is 13.7. The summed E-state index contributed by atoms with van der Waals surface area (Å²) in [7, 11) is 3.67. The van der Waals surface area contributed by atoms with E-state index in [4.69, 9.17) is 14.6 Å². The normalized spacial score (nSPS) is 11.3. The second-order valence-electron chi connectivity index (χ2n) is 6.84. The van der Waals surface area contributed by atoms with Crippen LogP contribution in [0, 0.1) is 6.92 Å². The summed E-state index contributed by atoms with van der Waals surface area (Å²) in [6, 6.07) is 13.4. The summed E-state index contributed by atoms with van der Waals surface area (Å²) in [4.78, 5) is 10.7. The van der Waals surface area contributed by atoms with Crippen LogP contribution in [0.3, 0.4) is 0 Å². The number of methoxy groups -OCH3 is 1. The molecule has 0 bridgehead atoms. The van der Waals surface area contributed by atoms with Crippen molar-refractivity contribution in [1.29, 1.82) is 0 Å². The topological polar surface area (TPSA) is 87.2 Å². The molecule has 0 saturated heterocycles. The van der Waals surface area contributed by atoms with E-state index in [0.29, 0.717) is 24.6 Å². The van der Waals surface area contributed by atoms with Gasteiger partial charge in [-0.2, -0.15) is 4.31 Å². The molecule has 0 aliphatic heterocycles. The Morgan fingerprint density at radius 3 is 2.10 bits per heavy atom. The van der Waals surface area contributed by atoms with E-state index < -0.39 is 10.0 Å². The van der Waals surface area contributed by atoms with E-state index in [0.717, 1.165) is 22.3 Å². The maximum absolute atomic E-state index is 12.8. The molecule has 0 spiro atoms. The maximum atomic E-state index is 12.8. The van der Waals surface area contributed by atoms with Crippen LogP contribution in [-0.2, 0) is 26.2 Å². The van der Waals surface area contributed by atoms with Gasteiger partial charge in [0.15, 0.2) is 0 Å². The molecule has 0 unspecified atom stereocenters. The van der Waals surface area contributed by atoms with E-state index in [1.807, 2.05) is 56.3 Å². The Labute approximate surface area is 173 Å². The van der Waals surface area contributed by atoms with Crippen LogP contribution in [-0.4, -0.2) is 70.5 Å². The average molecular weight is 423 g/mol. The van der Waals surface area contributed by atoms with Gasteiger partial charge >= 0.3 is 0 Å². The molecule has 7 nitrogen and oxygen atoms in total. The van der Waals surface area contributed by atoms with Gasteiger partial charge in [-0.15, -0.1) is 0 Å². The zero-order valence-corrected chi connectivity index (χ0v) is 18.4. The van der Waals surface area contributed by atoms with Crippen LogP contribution in [0.1, 0.15) is 11.1 Å². The third kappa shape index (κ3) is 7.25. The van der Waals surface area contributed by atoms with Crippen molar-refractivity contribution in [2.75, 3.05) is 41.3 Å². The van der Waals surface area contributed by atoms with Crippen LogP contribution in [0.2, 0.25) is 0 Å². The molecular weight excluding hydrogens is 392 g/mol. The predicted molar refractivity (Wildman–Crippen MR) is 114 cm³/mol. The van der Waals surface area contributed by atoms with Crippen molar-refractivity contribution in [2.45, 2.75) is 18.4 Å². The number of likely N-dealkylation sites (N-methyl/N-ethyl adjacent to an activating group) is 2. The molecule has 0 fully saturated rings. The number of rotatable bonds is 8. The summed E-state index contributed by atoms with van der Waals surface area (Å²) in [5.41, 5.74) is 4.14. The molecule has 0 atom stereocenters. The number of aryl methyl sites for hydroxylation is 1. The lowest BCUT2D eigenvalue weighted by molar-refractivity contribution is -0.122. The number of sulfonamides is 1. The Morgan fingerprint density at radius 1 is 1.03 bits per heavy atom. The summed E-state index contributed by atoms with van der Waals surface area (Å²) in [6.45, 7) is 3.41. The van der Waals surface area contributed by atoms with Crippen molar-refractivity contribution in [3.05, 3.63) is 53.6 Å². The SMILES string of the molecule is COCc1ccc(-c2ccc(S(=O)(=O)N(C)CCN(C)C)cc2C)cc1.O=CO. The van der Waals surface area contributed by atoms with E-state index in [2.05, 4.69) is 0 Å². The zero-order chi connectivity index (χ0) is 22.0. The van der Waals surface area contributed by atoms with Gasteiger partial charge < -0.3 is 14.7 Å². The molecule has 0 amide bonds. The highest BCUT2D eigenvalue weighted by molar-refractivity contribution is 7.89. The van der Waals surface area contributed by atoms with Crippen LogP contribution < -0.4 is 0 Å². The first-order valence-corrected chi connectivity index (χ1v) is 10.5. The van der Waals surface area contributed by atoms with Crippen LogP contribution in [0.25, 0.3) is 11.1 Å². The second kappa shape index (κ2) is 11.7. The van der Waals surface area contributed by atoms with Gasteiger partial charge in [-0.05, 0) is 55.4 Å². The molecule has 8 heteroatoms. The van der Waals surface area contributed by atoms with Crippen LogP contribution in [0.5, 0.6) is 0 Å². The molecule has 0 saturated carbocycles. The highest BCUT2D eigenvalue weighted by Gasteiger charge is 2.21. The third-order valence-corrected chi connectivity index (χ3v) is 6.20. The molecule has 0 radical (unpaired) electrons. The second-order valence-corrected chi connectivity index (χ2v) is 8.89. The van der Waals surface area contributed by atoms with E-state index in [1.54, 1.807) is 26.3 Å². The van der Waals surface area contributed by atoms with Crippen LogP contribution in [0.15, 0.2) is 47.4 Å². The van der Waals surface area contributed by atoms with Gasteiger partial charge in [0.25, 0.3) is 6.47 Å². The van der Waals surface area contributed by atoms with Crippen LogP contribution in [0.4, 0.5) is 0 Å². The number of ether oxygens (including phenoxy) is 1. The van der Waals surface area contributed by atoms with Crippen LogP contribution >= 0.6 is 0 Å². The molecular formula is C21H30N2O5S. The highest BCUT2D eigenvalue weighted by atomic mass is 32.2. The van der Waals surface area contributed by atoms with Gasteiger partial charge in [-0.25, -0.2) is 8.42 Å². The minimum atomic E-state index is -3.48. The monoisotopic (exact) mass is 422 g/mol. The zero-order valence-electron chi connectivity index (χ0n) is 17.6. The molecule has 2 aromatic rings. The quantitative estimate of drug-likeness (QED) is 0.658. The number of nitrogens with zero attached hydrogens (tertiary/aromatic N) is 2.